The van der Waals surface area contributed by atoms with Crippen LogP contribution in [0.1, 0.15) is 16.1 Å². The van der Waals surface area contributed by atoms with Gasteiger partial charge < -0.3 is 5.32 Å². The van der Waals surface area contributed by atoms with Crippen molar-refractivity contribution in [3.63, 3.8) is 0 Å². The molecule has 0 bridgehead atoms. The molecule has 2 rings (SSSR count). The molecular weight excluding hydrogens is 282 g/mol. The van der Waals surface area contributed by atoms with E-state index in [4.69, 9.17) is 0 Å². The highest BCUT2D eigenvalue weighted by atomic mass is 79.9. The molecule has 1 amide bonds. The highest BCUT2D eigenvalue weighted by molar-refractivity contribution is 9.10. The Morgan fingerprint density at radius 3 is 2.82 bits per heavy atom. The molecule has 0 aliphatic heterocycles. The first-order chi connectivity index (χ1) is 8.06. The zero-order valence-corrected chi connectivity index (χ0v) is 11.2. The highest BCUT2D eigenvalue weighted by Gasteiger charge is 2.09. The SMILES string of the molecule is Cc1nn(C)cc1NC(=O)c1cccc(Br)c1. The van der Waals surface area contributed by atoms with Crippen LogP contribution in [0.2, 0.25) is 0 Å². The van der Waals surface area contributed by atoms with E-state index in [1.807, 2.05) is 26.1 Å². The molecule has 1 heterocycles. The summed E-state index contributed by atoms with van der Waals surface area (Å²) in [6.45, 7) is 1.86. The maximum atomic E-state index is 12.0. The summed E-state index contributed by atoms with van der Waals surface area (Å²) in [6.07, 6.45) is 1.78. The number of nitrogens with one attached hydrogen (secondary N) is 1. The largest absolute Gasteiger partial charge is 0.319 e. The third kappa shape index (κ3) is 2.74. The van der Waals surface area contributed by atoms with Crippen LogP contribution >= 0.6 is 15.9 Å². The molecule has 0 unspecified atom stereocenters. The van der Waals surface area contributed by atoms with Crippen LogP contribution in [0.3, 0.4) is 0 Å². The van der Waals surface area contributed by atoms with Gasteiger partial charge in [-0.2, -0.15) is 5.10 Å². The van der Waals surface area contributed by atoms with Crippen molar-refractivity contribution in [3.8, 4) is 0 Å². The summed E-state index contributed by atoms with van der Waals surface area (Å²) in [6, 6.07) is 7.26. The van der Waals surface area contributed by atoms with Crippen LogP contribution in [-0.4, -0.2) is 15.7 Å². The lowest BCUT2D eigenvalue weighted by molar-refractivity contribution is 0.102. The summed E-state index contributed by atoms with van der Waals surface area (Å²) in [5, 5.41) is 7.00. The average Bonchev–Trinajstić information content (AvgIpc) is 2.57. The van der Waals surface area contributed by atoms with E-state index in [1.165, 1.54) is 0 Å². The molecule has 5 heteroatoms. The second kappa shape index (κ2) is 4.71. The number of hydrogen-bond acceptors (Lipinski definition) is 2. The fourth-order valence-corrected chi connectivity index (χ4v) is 1.95. The van der Waals surface area contributed by atoms with Crippen molar-refractivity contribution in [3.05, 3.63) is 46.2 Å². The van der Waals surface area contributed by atoms with Gasteiger partial charge in [0.1, 0.15) is 0 Å². The van der Waals surface area contributed by atoms with Gasteiger partial charge in [0.15, 0.2) is 0 Å². The van der Waals surface area contributed by atoms with E-state index in [1.54, 1.807) is 23.0 Å². The number of nitrogens with zero attached hydrogens (tertiary/aromatic N) is 2. The quantitative estimate of drug-likeness (QED) is 0.925. The van der Waals surface area contributed by atoms with Gasteiger partial charge in [0.25, 0.3) is 5.91 Å². The standard InChI is InChI=1S/C12H12BrN3O/c1-8-11(7-16(2)15-8)14-12(17)9-4-3-5-10(13)6-9/h3-7H,1-2H3,(H,14,17). The van der Waals surface area contributed by atoms with Crippen molar-refractivity contribution in [1.82, 2.24) is 9.78 Å². The van der Waals surface area contributed by atoms with Gasteiger partial charge in [-0.25, -0.2) is 0 Å². The van der Waals surface area contributed by atoms with Gasteiger partial charge in [-0.3, -0.25) is 9.48 Å². The van der Waals surface area contributed by atoms with Gasteiger partial charge in [0.05, 0.1) is 11.4 Å². The Labute approximate surface area is 108 Å². The summed E-state index contributed by atoms with van der Waals surface area (Å²) in [7, 11) is 1.82. The second-order valence-corrected chi connectivity index (χ2v) is 4.68. The number of carbonyl (C=O) groups excluding carboxylic acids is 1. The number of amides is 1. The first-order valence-electron chi connectivity index (χ1n) is 5.13. The Morgan fingerprint density at radius 2 is 2.24 bits per heavy atom. The summed E-state index contributed by atoms with van der Waals surface area (Å²) >= 11 is 3.34. The summed E-state index contributed by atoms with van der Waals surface area (Å²) in [4.78, 5) is 12.0. The van der Waals surface area contributed by atoms with Gasteiger partial charge in [0, 0.05) is 23.3 Å². The van der Waals surface area contributed by atoms with E-state index < -0.39 is 0 Å². The third-order valence-electron chi connectivity index (χ3n) is 2.35. The minimum Gasteiger partial charge on any atom is -0.319 e. The molecule has 4 nitrogen and oxygen atoms in total. The lowest BCUT2D eigenvalue weighted by Crippen LogP contribution is -2.12. The minimum absolute atomic E-state index is 0.137. The van der Waals surface area contributed by atoms with Crippen molar-refractivity contribution in [2.24, 2.45) is 7.05 Å². The van der Waals surface area contributed by atoms with Gasteiger partial charge in [-0.1, -0.05) is 22.0 Å². The van der Waals surface area contributed by atoms with Gasteiger partial charge in [0.2, 0.25) is 0 Å². The molecule has 1 N–H and O–H groups in total. The normalized spacial score (nSPS) is 10.3. The smallest absolute Gasteiger partial charge is 0.255 e. The van der Waals surface area contributed by atoms with Crippen molar-refractivity contribution in [2.75, 3.05) is 5.32 Å². The van der Waals surface area contributed by atoms with E-state index in [-0.39, 0.29) is 5.91 Å². The average molecular weight is 294 g/mol. The van der Waals surface area contributed by atoms with E-state index in [0.29, 0.717) is 5.56 Å². The Morgan fingerprint density at radius 1 is 1.47 bits per heavy atom. The Hall–Kier alpha value is -1.62. The van der Waals surface area contributed by atoms with Crippen LogP contribution in [0.25, 0.3) is 0 Å². The van der Waals surface area contributed by atoms with Gasteiger partial charge in [-0.15, -0.1) is 0 Å². The van der Waals surface area contributed by atoms with Crippen LogP contribution in [-0.2, 0) is 7.05 Å². The number of anilines is 1. The summed E-state index contributed by atoms with van der Waals surface area (Å²) in [5.41, 5.74) is 2.15. The lowest BCUT2D eigenvalue weighted by atomic mass is 10.2. The van der Waals surface area contributed by atoms with Crippen LogP contribution < -0.4 is 5.32 Å². The topological polar surface area (TPSA) is 46.9 Å². The summed E-state index contributed by atoms with van der Waals surface area (Å²) in [5.74, 6) is -0.137. The molecule has 88 valence electrons. The van der Waals surface area contributed by atoms with E-state index in [2.05, 4.69) is 26.3 Å². The molecule has 17 heavy (non-hydrogen) atoms. The maximum Gasteiger partial charge on any atom is 0.255 e. The maximum absolute atomic E-state index is 12.0. The van der Waals surface area contributed by atoms with E-state index in [0.717, 1.165) is 15.9 Å². The number of benzene rings is 1. The zero-order chi connectivity index (χ0) is 12.4. The molecule has 0 saturated heterocycles. The van der Waals surface area contributed by atoms with Gasteiger partial charge >= 0.3 is 0 Å². The van der Waals surface area contributed by atoms with Crippen molar-refractivity contribution >= 4 is 27.5 Å². The molecule has 0 spiro atoms. The molecule has 0 saturated carbocycles. The van der Waals surface area contributed by atoms with Crippen LogP contribution in [0.5, 0.6) is 0 Å². The molecule has 0 aliphatic carbocycles. The van der Waals surface area contributed by atoms with Gasteiger partial charge in [-0.05, 0) is 25.1 Å². The molecular formula is C12H12BrN3O. The number of halogens is 1. The second-order valence-electron chi connectivity index (χ2n) is 3.77. The van der Waals surface area contributed by atoms with Crippen molar-refractivity contribution < 1.29 is 4.79 Å². The van der Waals surface area contributed by atoms with Crippen LogP contribution in [0, 0.1) is 6.92 Å². The van der Waals surface area contributed by atoms with Crippen LogP contribution in [0.15, 0.2) is 34.9 Å². The fraction of sp³-hybridized carbons (Fsp3) is 0.167. The first kappa shape index (κ1) is 11.9. The number of hydrogen-bond donors (Lipinski definition) is 1. The van der Waals surface area contributed by atoms with Crippen LogP contribution in [0.4, 0.5) is 5.69 Å². The molecule has 0 aliphatic rings. The number of aryl methyl sites for hydroxylation is 2. The lowest BCUT2D eigenvalue weighted by Gasteiger charge is -2.03. The monoisotopic (exact) mass is 293 g/mol. The minimum atomic E-state index is -0.137. The number of rotatable bonds is 2. The third-order valence-corrected chi connectivity index (χ3v) is 2.84. The first-order valence-corrected chi connectivity index (χ1v) is 5.93. The zero-order valence-electron chi connectivity index (χ0n) is 9.57. The van der Waals surface area contributed by atoms with Crippen molar-refractivity contribution in [1.29, 1.82) is 0 Å². The Balaban J connectivity index is 2.20. The molecule has 1 aromatic carbocycles. The predicted octanol–water partition coefficient (Wildman–Crippen LogP) is 2.74. The molecule has 0 radical (unpaired) electrons. The van der Waals surface area contributed by atoms with E-state index >= 15 is 0 Å². The number of carbonyl (C=O) groups is 1. The number of aromatic nitrogens is 2. The highest BCUT2D eigenvalue weighted by Crippen LogP contribution is 2.15. The molecule has 0 fully saturated rings. The van der Waals surface area contributed by atoms with Crippen molar-refractivity contribution in [2.45, 2.75) is 6.92 Å². The van der Waals surface area contributed by atoms with E-state index in [9.17, 15) is 4.79 Å². The fourth-order valence-electron chi connectivity index (χ4n) is 1.55. The molecule has 2 aromatic rings. The summed E-state index contributed by atoms with van der Waals surface area (Å²) < 4.78 is 2.55. The Kier molecular flexibility index (Phi) is 3.28. The molecule has 1 aromatic heterocycles. The predicted molar refractivity (Wildman–Crippen MR) is 70.0 cm³/mol. The molecule has 0 atom stereocenters. The Bertz CT molecular complexity index is 563.